The van der Waals surface area contributed by atoms with Gasteiger partial charge in [0.15, 0.2) is 0 Å². The molecule has 0 amide bonds. The average Bonchev–Trinajstić information content (AvgIpc) is 2.92. The molecule has 1 aromatic heterocycles. The Morgan fingerprint density at radius 1 is 1.24 bits per heavy atom. The normalized spacial score (nSPS) is 16.4. The van der Waals surface area contributed by atoms with Gasteiger partial charge >= 0.3 is 0 Å². The van der Waals surface area contributed by atoms with Gasteiger partial charge in [0.25, 0.3) is 0 Å². The van der Waals surface area contributed by atoms with Gasteiger partial charge in [0, 0.05) is 30.8 Å². The van der Waals surface area contributed by atoms with Crippen molar-refractivity contribution in [2.45, 2.75) is 39.7 Å². The van der Waals surface area contributed by atoms with E-state index in [1.807, 2.05) is 37.3 Å². The van der Waals surface area contributed by atoms with E-state index in [1.54, 1.807) is 0 Å². The number of aryl methyl sites for hydroxylation is 1. The van der Waals surface area contributed by atoms with Gasteiger partial charge in [0.1, 0.15) is 11.6 Å². The summed E-state index contributed by atoms with van der Waals surface area (Å²) < 4.78 is 25.7. The fraction of sp³-hybridized carbons (Fsp3) is 0.444. The standard InChI is InChI=1S/C18H24N4O2S/c1-13(2)18-20-14(3)10-17(21-18)19-12-15-6-4-7-16(11-15)22-8-5-9-25(22,23)24/h4,6-7,10-11,13H,5,8-9,12H2,1-3H3,(H,19,20,21). The van der Waals surface area contributed by atoms with E-state index in [0.29, 0.717) is 19.5 Å². The Balaban J connectivity index is 1.75. The van der Waals surface area contributed by atoms with Crippen molar-refractivity contribution in [1.82, 2.24) is 9.97 Å². The molecule has 0 radical (unpaired) electrons. The van der Waals surface area contributed by atoms with Crippen LogP contribution in [0.1, 0.15) is 43.3 Å². The molecule has 0 unspecified atom stereocenters. The molecule has 25 heavy (non-hydrogen) atoms. The van der Waals surface area contributed by atoms with E-state index in [1.165, 1.54) is 4.31 Å². The summed E-state index contributed by atoms with van der Waals surface area (Å²) in [5, 5.41) is 3.32. The Labute approximate surface area is 149 Å². The molecule has 0 aliphatic carbocycles. The van der Waals surface area contributed by atoms with Crippen LogP contribution in [0.3, 0.4) is 0 Å². The summed E-state index contributed by atoms with van der Waals surface area (Å²) >= 11 is 0. The first-order valence-corrected chi connectivity index (χ1v) is 10.1. The number of nitrogens with one attached hydrogen (secondary N) is 1. The second-order valence-corrected chi connectivity index (χ2v) is 8.69. The lowest BCUT2D eigenvalue weighted by atomic mass is 10.2. The molecule has 1 N–H and O–H groups in total. The molecular weight excluding hydrogens is 336 g/mol. The Bertz CT molecular complexity index is 865. The third-order valence-electron chi connectivity index (χ3n) is 4.16. The van der Waals surface area contributed by atoms with Crippen LogP contribution in [0.4, 0.5) is 11.5 Å². The van der Waals surface area contributed by atoms with Crippen molar-refractivity contribution in [3.8, 4) is 0 Å². The van der Waals surface area contributed by atoms with Crippen LogP contribution in [0.2, 0.25) is 0 Å². The molecule has 1 saturated heterocycles. The van der Waals surface area contributed by atoms with Gasteiger partial charge in [0.2, 0.25) is 10.0 Å². The number of anilines is 2. The molecule has 2 aromatic rings. The first kappa shape index (κ1) is 17.7. The molecule has 0 spiro atoms. The van der Waals surface area contributed by atoms with Gasteiger partial charge < -0.3 is 5.32 Å². The zero-order chi connectivity index (χ0) is 18.0. The van der Waals surface area contributed by atoms with Gasteiger partial charge in [-0.3, -0.25) is 4.31 Å². The smallest absolute Gasteiger partial charge is 0.235 e. The van der Waals surface area contributed by atoms with Crippen LogP contribution in [0.25, 0.3) is 0 Å². The van der Waals surface area contributed by atoms with Crippen LogP contribution < -0.4 is 9.62 Å². The molecule has 1 aliphatic heterocycles. The van der Waals surface area contributed by atoms with Crippen molar-refractivity contribution < 1.29 is 8.42 Å². The number of benzene rings is 1. The highest BCUT2D eigenvalue weighted by molar-refractivity contribution is 7.93. The van der Waals surface area contributed by atoms with Gasteiger partial charge in [-0.25, -0.2) is 18.4 Å². The number of nitrogens with zero attached hydrogens (tertiary/aromatic N) is 3. The lowest BCUT2D eigenvalue weighted by Gasteiger charge is -2.18. The number of aromatic nitrogens is 2. The van der Waals surface area contributed by atoms with Crippen LogP contribution in [-0.2, 0) is 16.6 Å². The summed E-state index contributed by atoms with van der Waals surface area (Å²) in [7, 11) is -3.15. The summed E-state index contributed by atoms with van der Waals surface area (Å²) in [6.45, 7) is 7.23. The van der Waals surface area contributed by atoms with E-state index in [9.17, 15) is 8.42 Å². The minimum atomic E-state index is -3.15. The van der Waals surface area contributed by atoms with Crippen molar-refractivity contribution in [2.24, 2.45) is 0 Å². The number of sulfonamides is 1. The molecule has 7 heteroatoms. The third-order valence-corrected chi connectivity index (χ3v) is 6.03. The molecule has 1 aliphatic rings. The van der Waals surface area contributed by atoms with Gasteiger partial charge in [-0.2, -0.15) is 0 Å². The minimum absolute atomic E-state index is 0.230. The monoisotopic (exact) mass is 360 g/mol. The zero-order valence-electron chi connectivity index (χ0n) is 14.9. The molecular formula is C18H24N4O2S. The van der Waals surface area contributed by atoms with Gasteiger partial charge in [-0.15, -0.1) is 0 Å². The van der Waals surface area contributed by atoms with Gasteiger partial charge in [-0.1, -0.05) is 26.0 Å². The van der Waals surface area contributed by atoms with Gasteiger partial charge in [0.05, 0.1) is 11.4 Å². The van der Waals surface area contributed by atoms with Crippen molar-refractivity contribution in [1.29, 1.82) is 0 Å². The Hall–Kier alpha value is -2.15. The van der Waals surface area contributed by atoms with E-state index >= 15 is 0 Å². The van der Waals surface area contributed by atoms with Crippen LogP contribution in [0.15, 0.2) is 30.3 Å². The van der Waals surface area contributed by atoms with Crippen LogP contribution in [0.5, 0.6) is 0 Å². The molecule has 0 bridgehead atoms. The second kappa shape index (κ2) is 7.00. The maximum atomic E-state index is 12.1. The highest BCUT2D eigenvalue weighted by Gasteiger charge is 2.28. The quantitative estimate of drug-likeness (QED) is 0.887. The average molecular weight is 360 g/mol. The maximum Gasteiger partial charge on any atom is 0.235 e. The summed E-state index contributed by atoms with van der Waals surface area (Å²) in [6.07, 6.45) is 0.684. The largest absolute Gasteiger partial charge is 0.366 e. The number of rotatable bonds is 5. The first-order valence-electron chi connectivity index (χ1n) is 8.54. The Morgan fingerprint density at radius 3 is 2.72 bits per heavy atom. The summed E-state index contributed by atoms with van der Waals surface area (Å²) in [5.41, 5.74) is 2.68. The predicted octanol–water partition coefficient (Wildman–Crippen LogP) is 3.06. The second-order valence-electron chi connectivity index (χ2n) is 6.67. The lowest BCUT2D eigenvalue weighted by molar-refractivity contribution is 0.599. The third kappa shape index (κ3) is 4.10. The predicted molar refractivity (Wildman–Crippen MR) is 100 cm³/mol. The molecule has 1 aromatic carbocycles. The van der Waals surface area contributed by atoms with Crippen molar-refractivity contribution >= 4 is 21.5 Å². The fourth-order valence-corrected chi connectivity index (χ4v) is 4.44. The van der Waals surface area contributed by atoms with E-state index < -0.39 is 10.0 Å². The highest BCUT2D eigenvalue weighted by atomic mass is 32.2. The molecule has 1 fully saturated rings. The van der Waals surface area contributed by atoms with Crippen molar-refractivity contribution in [2.75, 3.05) is 21.9 Å². The first-order chi connectivity index (χ1) is 11.8. The Kier molecular flexibility index (Phi) is 4.94. The minimum Gasteiger partial charge on any atom is -0.366 e. The number of hydrogen-bond acceptors (Lipinski definition) is 5. The molecule has 134 valence electrons. The van der Waals surface area contributed by atoms with Crippen molar-refractivity contribution in [3.05, 3.63) is 47.4 Å². The van der Waals surface area contributed by atoms with E-state index in [-0.39, 0.29) is 11.7 Å². The lowest BCUT2D eigenvalue weighted by Crippen LogP contribution is -2.25. The van der Waals surface area contributed by atoms with E-state index in [4.69, 9.17) is 0 Å². The van der Waals surface area contributed by atoms with Crippen molar-refractivity contribution in [3.63, 3.8) is 0 Å². The summed E-state index contributed by atoms with van der Waals surface area (Å²) in [6, 6.07) is 9.56. The SMILES string of the molecule is Cc1cc(NCc2cccc(N3CCCS3(=O)=O)c2)nc(C(C)C)n1. The summed E-state index contributed by atoms with van der Waals surface area (Å²) in [5.74, 6) is 2.10. The van der Waals surface area contributed by atoms with Crippen LogP contribution in [-0.4, -0.2) is 30.7 Å². The molecule has 2 heterocycles. The maximum absolute atomic E-state index is 12.1. The summed E-state index contributed by atoms with van der Waals surface area (Å²) in [4.78, 5) is 8.99. The molecule has 0 atom stereocenters. The van der Waals surface area contributed by atoms with E-state index in [0.717, 1.165) is 28.6 Å². The van der Waals surface area contributed by atoms with Gasteiger partial charge in [-0.05, 0) is 31.0 Å². The van der Waals surface area contributed by atoms with Crippen LogP contribution in [0, 0.1) is 6.92 Å². The Morgan fingerprint density at radius 2 is 2.04 bits per heavy atom. The van der Waals surface area contributed by atoms with E-state index in [2.05, 4.69) is 29.1 Å². The fourth-order valence-electron chi connectivity index (χ4n) is 2.88. The molecule has 0 saturated carbocycles. The zero-order valence-corrected chi connectivity index (χ0v) is 15.7. The number of hydrogen-bond donors (Lipinski definition) is 1. The molecule has 3 rings (SSSR count). The molecule has 6 nitrogen and oxygen atoms in total. The highest BCUT2D eigenvalue weighted by Crippen LogP contribution is 2.25. The van der Waals surface area contributed by atoms with Crippen LogP contribution >= 0.6 is 0 Å². The topological polar surface area (TPSA) is 75.2 Å².